The van der Waals surface area contributed by atoms with E-state index in [0.29, 0.717) is 0 Å². The number of likely N-dealkylation sites (tertiary alicyclic amines) is 1. The topological polar surface area (TPSA) is 61.4 Å². The van der Waals surface area contributed by atoms with Gasteiger partial charge in [-0.3, -0.25) is 9.59 Å². The summed E-state index contributed by atoms with van der Waals surface area (Å²) in [5.41, 5.74) is -0.773. The molecule has 1 aliphatic rings. The zero-order chi connectivity index (χ0) is 27.4. The van der Waals surface area contributed by atoms with Gasteiger partial charge in [-0.25, -0.2) is 4.39 Å². The summed E-state index contributed by atoms with van der Waals surface area (Å²) in [7, 11) is 56.9. The van der Waals surface area contributed by atoms with Gasteiger partial charge in [-0.1, -0.05) is 38.0 Å². The third kappa shape index (κ3) is 5.19. The van der Waals surface area contributed by atoms with Gasteiger partial charge < -0.3 is 15.5 Å². The molecule has 2 N–H and O–H groups in total. The molecule has 0 aromatic heterocycles. The molecule has 35 heavy (non-hydrogen) atoms. The van der Waals surface area contributed by atoms with Crippen molar-refractivity contribution < 1.29 is 14.0 Å². The Hall–Kier alpha value is -1.08. The van der Waals surface area contributed by atoms with Crippen molar-refractivity contribution in [3.05, 3.63) is 34.6 Å². The Bertz CT molecular complexity index is 970. The number of halogens is 2. The third-order valence-electron chi connectivity index (χ3n) is 6.16. The molecule has 0 spiro atoms. The molecule has 5 nitrogen and oxygen atoms in total. The van der Waals surface area contributed by atoms with E-state index in [2.05, 4.69) is 10.6 Å². The van der Waals surface area contributed by atoms with Gasteiger partial charge in [0.15, 0.2) is 0 Å². The second-order valence-corrected chi connectivity index (χ2v) is 10.5. The number of hydrogen-bond acceptors (Lipinski definition) is 3. The van der Waals surface area contributed by atoms with E-state index in [1.807, 2.05) is 0 Å². The van der Waals surface area contributed by atoms with Gasteiger partial charge in [-0.05, 0) is 39.0 Å². The van der Waals surface area contributed by atoms with E-state index in [1.54, 1.807) is 20.8 Å². The van der Waals surface area contributed by atoms with Gasteiger partial charge in [0.25, 0.3) is 5.91 Å². The lowest BCUT2D eigenvalue weighted by Gasteiger charge is -2.78. The van der Waals surface area contributed by atoms with Crippen molar-refractivity contribution in [3.63, 3.8) is 0 Å². The number of carbonyl (C=O) groups excluding carboxylic acids is 2. The molecular formula is C19H18B9ClFN3O2. The second kappa shape index (κ2) is 9.34. The molecule has 2 rings (SSSR count). The van der Waals surface area contributed by atoms with E-state index in [9.17, 15) is 14.0 Å². The highest BCUT2D eigenvalue weighted by atomic mass is 35.5. The Balaban J connectivity index is 2.46. The van der Waals surface area contributed by atoms with Crippen LogP contribution < -0.4 is 10.6 Å². The summed E-state index contributed by atoms with van der Waals surface area (Å²) < 4.78 is 13.7. The first-order valence-electron chi connectivity index (χ1n) is 10.4. The largest absolute Gasteiger partial charge is 0.352 e. The average molecular weight is 472 g/mol. The van der Waals surface area contributed by atoms with E-state index >= 15 is 0 Å². The number of piperidine rings is 1. The predicted octanol–water partition coefficient (Wildman–Crippen LogP) is -1.35. The van der Waals surface area contributed by atoms with Crippen molar-refractivity contribution in [2.45, 2.75) is 52.7 Å². The zero-order valence-electron chi connectivity index (χ0n) is 19.9. The molecule has 1 saturated heterocycles. The Labute approximate surface area is 223 Å². The van der Waals surface area contributed by atoms with Crippen LogP contribution in [-0.4, -0.2) is 117 Å². The third-order valence-corrected chi connectivity index (χ3v) is 6.38. The van der Waals surface area contributed by atoms with Gasteiger partial charge in [-0.2, -0.15) is 0 Å². The quantitative estimate of drug-likeness (QED) is 0.522. The van der Waals surface area contributed by atoms with Gasteiger partial charge in [0.1, 0.15) is 5.82 Å². The SMILES string of the molecule is [B]C1([B])N(CC(=O)NC(C)(C)C)C([B])([B])C([B])([B])C([B])(CNC(=O)c2cc(F)cc(Cl)c2)C1([B])[B]. The molecular weight excluding hydrogens is 454 g/mol. The summed E-state index contributed by atoms with van der Waals surface area (Å²) in [4.78, 5) is 26.2. The highest BCUT2D eigenvalue weighted by Crippen LogP contribution is 2.70. The fraction of sp³-hybridized carbons (Fsp3) is 0.579. The summed E-state index contributed by atoms with van der Waals surface area (Å²) in [5, 5.41) is -6.80. The van der Waals surface area contributed by atoms with Crippen LogP contribution in [0.3, 0.4) is 0 Å². The lowest BCUT2D eigenvalue weighted by atomic mass is 9.09. The number of rotatable bonds is 5. The summed E-state index contributed by atoms with van der Waals surface area (Å²) in [6, 6.07) is 3.16. The molecule has 1 aromatic rings. The smallest absolute Gasteiger partial charge is 0.251 e. The second-order valence-electron chi connectivity index (χ2n) is 10.1. The first-order valence-corrected chi connectivity index (χ1v) is 10.8. The van der Waals surface area contributed by atoms with Crippen molar-refractivity contribution in [2.75, 3.05) is 13.1 Å². The van der Waals surface area contributed by atoms with Crippen molar-refractivity contribution in [2.24, 2.45) is 0 Å². The molecule has 2 amide bonds. The van der Waals surface area contributed by atoms with Crippen molar-refractivity contribution in [3.8, 4) is 0 Å². The van der Waals surface area contributed by atoms with Crippen molar-refractivity contribution in [1.29, 1.82) is 0 Å². The number of carbonyl (C=O) groups is 2. The van der Waals surface area contributed by atoms with Crippen LogP contribution in [0, 0.1) is 5.82 Å². The highest BCUT2D eigenvalue weighted by molar-refractivity contribution is 6.64. The van der Waals surface area contributed by atoms with Crippen LogP contribution in [0.1, 0.15) is 31.1 Å². The zero-order valence-corrected chi connectivity index (χ0v) is 20.6. The number of hydrogen-bond donors (Lipinski definition) is 2. The van der Waals surface area contributed by atoms with Crippen LogP contribution in [0.2, 0.25) is 20.8 Å². The van der Waals surface area contributed by atoms with Gasteiger partial charge in [0.2, 0.25) is 5.91 Å². The predicted molar refractivity (Wildman–Crippen MR) is 144 cm³/mol. The minimum Gasteiger partial charge on any atom is -0.352 e. The fourth-order valence-electron chi connectivity index (χ4n) is 3.97. The molecule has 0 atom stereocenters. The summed E-state index contributed by atoms with van der Waals surface area (Å²) in [6.07, 6.45) is 0. The van der Waals surface area contributed by atoms with E-state index in [1.165, 1.54) is 6.07 Å². The van der Waals surface area contributed by atoms with Crippen LogP contribution in [0.25, 0.3) is 0 Å². The molecule has 0 unspecified atom stereocenters. The number of amides is 2. The molecule has 0 saturated carbocycles. The molecule has 0 aliphatic carbocycles. The monoisotopic (exact) mass is 473 g/mol. The minimum absolute atomic E-state index is 0.0238. The molecule has 18 radical (unpaired) electrons. The standard InChI is InChI=1S/C19H18B9ClFN3O2/c1-14(2,3)32-12(34)7-33-18(25,26)16(21,22)15(20,17(23,24)19(33,27)28)8-31-13(35)9-4-10(29)6-11(30)5-9/h4-6H,7-8H2,1-3H3,(H,31,35)(H,32,34). The number of benzene rings is 1. The maximum atomic E-state index is 13.7. The summed E-state index contributed by atoms with van der Waals surface area (Å²) in [5.74, 6) is -2.17. The van der Waals surface area contributed by atoms with E-state index < -0.39 is 62.7 Å². The van der Waals surface area contributed by atoms with Crippen molar-refractivity contribution >= 4 is 94.0 Å². The summed E-state index contributed by atoms with van der Waals surface area (Å²) >= 11 is 5.80. The van der Waals surface area contributed by atoms with Crippen LogP contribution in [-0.2, 0) is 4.79 Å². The maximum absolute atomic E-state index is 13.7. The van der Waals surface area contributed by atoms with Gasteiger partial charge >= 0.3 is 0 Å². The van der Waals surface area contributed by atoms with Crippen LogP contribution >= 0.6 is 11.6 Å². The fourth-order valence-corrected chi connectivity index (χ4v) is 4.19. The van der Waals surface area contributed by atoms with E-state index in [0.717, 1.165) is 17.0 Å². The Morgan fingerprint density at radius 3 is 1.86 bits per heavy atom. The average Bonchev–Trinajstić information content (AvgIpc) is 2.66. The first kappa shape index (κ1) is 30.2. The normalized spacial score (nSPS) is 22.1. The molecule has 1 aromatic carbocycles. The maximum Gasteiger partial charge on any atom is 0.251 e. The van der Waals surface area contributed by atoms with Gasteiger partial charge in [0.05, 0.1) is 77.2 Å². The molecule has 1 fully saturated rings. The molecule has 1 aliphatic heterocycles. The van der Waals surface area contributed by atoms with E-state index in [-0.39, 0.29) is 10.6 Å². The Kier molecular flexibility index (Phi) is 8.05. The van der Waals surface area contributed by atoms with Crippen LogP contribution in [0.4, 0.5) is 4.39 Å². The first-order chi connectivity index (χ1) is 15.5. The molecule has 0 bridgehead atoms. The number of nitrogens with zero attached hydrogens (tertiary/aromatic N) is 1. The minimum atomic E-state index is -2.42. The van der Waals surface area contributed by atoms with Crippen LogP contribution in [0.5, 0.6) is 0 Å². The Morgan fingerprint density at radius 1 is 0.943 bits per heavy atom. The number of nitrogens with one attached hydrogen (secondary N) is 2. The van der Waals surface area contributed by atoms with Gasteiger partial charge in [-0.15, -0.1) is 0 Å². The van der Waals surface area contributed by atoms with Gasteiger partial charge in [0, 0.05) is 22.7 Å². The van der Waals surface area contributed by atoms with E-state index in [4.69, 9.17) is 82.2 Å². The highest BCUT2D eigenvalue weighted by Gasteiger charge is 2.66. The van der Waals surface area contributed by atoms with Crippen molar-refractivity contribution in [1.82, 2.24) is 15.5 Å². The van der Waals surface area contributed by atoms with Crippen LogP contribution in [0.15, 0.2) is 18.2 Å². The molecule has 16 heteroatoms. The lowest BCUT2D eigenvalue weighted by molar-refractivity contribution is -0.125. The Morgan fingerprint density at radius 2 is 1.43 bits per heavy atom. The molecule has 162 valence electrons. The lowest BCUT2D eigenvalue weighted by Crippen LogP contribution is -2.81. The molecule has 1 heterocycles. The summed E-state index contributed by atoms with van der Waals surface area (Å²) in [6.45, 7) is 3.96.